The van der Waals surface area contributed by atoms with Crippen molar-refractivity contribution in [2.75, 3.05) is 26.4 Å². The zero-order chi connectivity index (χ0) is 20.0. The molecule has 0 aromatic heterocycles. The first-order chi connectivity index (χ1) is 13.2. The van der Waals surface area contributed by atoms with Gasteiger partial charge in [-0.15, -0.1) is 0 Å². The molecule has 0 aliphatic rings. The third-order valence-corrected chi connectivity index (χ3v) is 3.84. The predicted molar refractivity (Wildman–Crippen MR) is 105 cm³/mol. The Morgan fingerprint density at radius 2 is 0.926 bits per heavy atom. The van der Waals surface area contributed by atoms with Crippen LogP contribution in [0.1, 0.15) is 70.6 Å². The molecule has 0 saturated heterocycles. The molecule has 0 heterocycles. The van der Waals surface area contributed by atoms with Crippen LogP contribution in [-0.2, 0) is 28.5 Å². The second-order valence-electron chi connectivity index (χ2n) is 6.20. The molecule has 0 N–H and O–H groups in total. The van der Waals surface area contributed by atoms with E-state index in [1.165, 1.54) is 12.5 Å². The van der Waals surface area contributed by atoms with Crippen LogP contribution in [0.25, 0.3) is 0 Å². The summed E-state index contributed by atoms with van der Waals surface area (Å²) in [6.45, 7) is 9.18. The number of hydrogen-bond donors (Lipinski definition) is 0. The molecule has 0 aliphatic heterocycles. The van der Waals surface area contributed by atoms with E-state index in [1.54, 1.807) is 0 Å². The van der Waals surface area contributed by atoms with Gasteiger partial charge < -0.3 is 18.9 Å². The number of hydrogen-bond acceptors (Lipinski definition) is 6. The Bertz CT molecular complexity index is 358. The molecular formula is C21H36O6. The van der Waals surface area contributed by atoms with Gasteiger partial charge in [-0.1, -0.05) is 19.6 Å². The standard InChI is InChI=1S/C21H36O6/c1-3-24-16-10-6-12-18-26-20(22)14-8-5-9-15-21(23)27-19-13-7-11-17-25-4-2/h3-4H,1-2,5-19H2. The first-order valence-corrected chi connectivity index (χ1v) is 9.97. The van der Waals surface area contributed by atoms with Crippen LogP contribution in [0.4, 0.5) is 0 Å². The third-order valence-electron chi connectivity index (χ3n) is 3.84. The number of unbranched alkanes of at least 4 members (excludes halogenated alkanes) is 6. The largest absolute Gasteiger partial charge is 0.502 e. The SMILES string of the molecule is C=COCCCCCOC(=O)CCCCCC(=O)OCCCCCOC=C. The summed E-state index contributed by atoms with van der Waals surface area (Å²) in [6, 6.07) is 0. The lowest BCUT2D eigenvalue weighted by Crippen LogP contribution is -2.07. The van der Waals surface area contributed by atoms with Gasteiger partial charge in [0.2, 0.25) is 0 Å². The van der Waals surface area contributed by atoms with E-state index in [2.05, 4.69) is 13.2 Å². The maximum absolute atomic E-state index is 11.6. The second-order valence-corrected chi connectivity index (χ2v) is 6.20. The predicted octanol–water partition coefficient (Wildman–Crippen LogP) is 4.68. The molecule has 0 atom stereocenters. The van der Waals surface area contributed by atoms with Gasteiger partial charge in [-0.25, -0.2) is 0 Å². The van der Waals surface area contributed by atoms with E-state index in [1.807, 2.05) is 0 Å². The maximum Gasteiger partial charge on any atom is 0.305 e. The lowest BCUT2D eigenvalue weighted by molar-refractivity contribution is -0.144. The van der Waals surface area contributed by atoms with E-state index in [9.17, 15) is 9.59 Å². The number of rotatable bonds is 20. The molecular weight excluding hydrogens is 348 g/mol. The monoisotopic (exact) mass is 384 g/mol. The topological polar surface area (TPSA) is 71.1 Å². The van der Waals surface area contributed by atoms with Crippen LogP contribution in [0.15, 0.2) is 25.7 Å². The highest BCUT2D eigenvalue weighted by atomic mass is 16.5. The lowest BCUT2D eigenvalue weighted by Gasteiger charge is -2.06. The van der Waals surface area contributed by atoms with Gasteiger partial charge in [0.25, 0.3) is 0 Å². The van der Waals surface area contributed by atoms with Crippen LogP contribution in [0.3, 0.4) is 0 Å². The van der Waals surface area contributed by atoms with Gasteiger partial charge in [0.1, 0.15) is 0 Å². The third kappa shape index (κ3) is 20.2. The van der Waals surface area contributed by atoms with Gasteiger partial charge in [-0.05, 0) is 51.4 Å². The highest BCUT2D eigenvalue weighted by molar-refractivity contribution is 5.69. The van der Waals surface area contributed by atoms with Gasteiger partial charge in [0.05, 0.1) is 39.0 Å². The molecule has 0 aromatic rings. The van der Waals surface area contributed by atoms with Crippen molar-refractivity contribution in [3.63, 3.8) is 0 Å². The van der Waals surface area contributed by atoms with Crippen molar-refractivity contribution in [1.82, 2.24) is 0 Å². The summed E-state index contributed by atoms with van der Waals surface area (Å²) in [5.74, 6) is -0.333. The van der Waals surface area contributed by atoms with Crippen LogP contribution in [-0.4, -0.2) is 38.4 Å². The molecule has 6 heteroatoms. The average Bonchev–Trinajstić information content (AvgIpc) is 2.66. The van der Waals surface area contributed by atoms with Crippen molar-refractivity contribution in [2.24, 2.45) is 0 Å². The summed E-state index contributed by atoms with van der Waals surface area (Å²) in [7, 11) is 0. The molecule has 0 aliphatic carbocycles. The Kier molecular flexibility index (Phi) is 18.8. The van der Waals surface area contributed by atoms with Crippen LogP contribution >= 0.6 is 0 Å². The summed E-state index contributed by atoms with van der Waals surface area (Å²) in [5, 5.41) is 0. The summed E-state index contributed by atoms with van der Waals surface area (Å²) in [5.41, 5.74) is 0. The van der Waals surface area contributed by atoms with E-state index >= 15 is 0 Å². The van der Waals surface area contributed by atoms with Crippen molar-refractivity contribution in [1.29, 1.82) is 0 Å². The van der Waals surface area contributed by atoms with E-state index in [0.717, 1.165) is 57.8 Å². The average molecular weight is 385 g/mol. The smallest absolute Gasteiger partial charge is 0.305 e. The van der Waals surface area contributed by atoms with E-state index in [-0.39, 0.29) is 11.9 Å². The molecule has 0 spiro atoms. The van der Waals surface area contributed by atoms with E-state index in [4.69, 9.17) is 18.9 Å². The highest BCUT2D eigenvalue weighted by Gasteiger charge is 2.05. The van der Waals surface area contributed by atoms with Crippen LogP contribution in [0, 0.1) is 0 Å². The van der Waals surface area contributed by atoms with Gasteiger partial charge in [-0.2, -0.15) is 0 Å². The van der Waals surface area contributed by atoms with Crippen molar-refractivity contribution in [3.8, 4) is 0 Å². The molecule has 0 fully saturated rings. The van der Waals surface area contributed by atoms with Crippen molar-refractivity contribution in [2.45, 2.75) is 70.6 Å². The maximum atomic E-state index is 11.6. The molecule has 0 radical (unpaired) electrons. The molecule has 0 aromatic carbocycles. The fourth-order valence-electron chi connectivity index (χ4n) is 2.33. The van der Waals surface area contributed by atoms with Gasteiger partial charge in [-0.3, -0.25) is 9.59 Å². The van der Waals surface area contributed by atoms with Crippen LogP contribution in [0.2, 0.25) is 0 Å². The molecule has 0 saturated carbocycles. The first-order valence-electron chi connectivity index (χ1n) is 9.97. The van der Waals surface area contributed by atoms with Gasteiger partial charge in [0.15, 0.2) is 0 Å². The minimum Gasteiger partial charge on any atom is -0.502 e. The quantitative estimate of drug-likeness (QED) is 0.172. The van der Waals surface area contributed by atoms with Gasteiger partial charge >= 0.3 is 11.9 Å². The lowest BCUT2D eigenvalue weighted by atomic mass is 10.1. The molecule has 0 unspecified atom stereocenters. The zero-order valence-electron chi connectivity index (χ0n) is 16.6. The van der Waals surface area contributed by atoms with E-state index < -0.39 is 0 Å². The molecule has 156 valence electrons. The zero-order valence-corrected chi connectivity index (χ0v) is 16.6. The summed E-state index contributed by atoms with van der Waals surface area (Å²) < 4.78 is 20.4. The number of carbonyl (C=O) groups is 2. The Morgan fingerprint density at radius 3 is 1.33 bits per heavy atom. The summed E-state index contributed by atoms with van der Waals surface area (Å²) in [6.07, 6.45) is 11.5. The molecule has 0 amide bonds. The Labute approximate surface area is 163 Å². The second kappa shape index (κ2) is 20.3. The highest BCUT2D eigenvalue weighted by Crippen LogP contribution is 2.07. The Hall–Kier alpha value is -1.98. The van der Waals surface area contributed by atoms with E-state index in [0.29, 0.717) is 39.3 Å². The van der Waals surface area contributed by atoms with Crippen molar-refractivity contribution >= 4 is 11.9 Å². The van der Waals surface area contributed by atoms with Crippen molar-refractivity contribution < 1.29 is 28.5 Å². The summed E-state index contributed by atoms with van der Waals surface area (Å²) in [4.78, 5) is 23.2. The summed E-state index contributed by atoms with van der Waals surface area (Å²) >= 11 is 0. The molecule has 27 heavy (non-hydrogen) atoms. The fourth-order valence-corrected chi connectivity index (χ4v) is 2.33. The van der Waals surface area contributed by atoms with Crippen LogP contribution in [0.5, 0.6) is 0 Å². The molecule has 0 rings (SSSR count). The van der Waals surface area contributed by atoms with Gasteiger partial charge in [0, 0.05) is 12.8 Å². The number of carbonyl (C=O) groups excluding carboxylic acids is 2. The Morgan fingerprint density at radius 1 is 0.556 bits per heavy atom. The minimum absolute atomic E-state index is 0.166. The van der Waals surface area contributed by atoms with Crippen LogP contribution < -0.4 is 0 Å². The molecule has 6 nitrogen and oxygen atoms in total. The van der Waals surface area contributed by atoms with Crippen molar-refractivity contribution in [3.05, 3.63) is 25.7 Å². The first kappa shape index (κ1) is 25.0. The molecule has 0 bridgehead atoms. The number of ether oxygens (including phenoxy) is 4. The number of esters is 2. The fraction of sp³-hybridized carbons (Fsp3) is 0.714. The minimum atomic E-state index is -0.166. The normalized spacial score (nSPS) is 10.1. The Balaban J connectivity index is 3.31.